The van der Waals surface area contributed by atoms with Crippen molar-refractivity contribution in [1.82, 2.24) is 10.6 Å². The number of nitrogens with one attached hydrogen (secondary N) is 2. The van der Waals surface area contributed by atoms with Crippen molar-refractivity contribution < 1.29 is 23.8 Å². The summed E-state index contributed by atoms with van der Waals surface area (Å²) in [6, 6.07) is 0. The monoisotopic (exact) mass is 416 g/mol. The molecule has 0 spiro atoms. The molecule has 0 saturated heterocycles. The van der Waals surface area contributed by atoms with Gasteiger partial charge in [-0.15, -0.1) is 0 Å². The summed E-state index contributed by atoms with van der Waals surface area (Å²) in [7, 11) is 0. The number of amides is 2. The van der Waals surface area contributed by atoms with Gasteiger partial charge in [-0.25, -0.2) is 0 Å². The maximum absolute atomic E-state index is 11.6. The van der Waals surface area contributed by atoms with Crippen molar-refractivity contribution in [2.75, 3.05) is 46.1 Å². The Morgan fingerprint density at radius 3 is 1.83 bits per heavy atom. The van der Waals surface area contributed by atoms with E-state index in [1.165, 1.54) is 0 Å². The summed E-state index contributed by atoms with van der Waals surface area (Å²) in [4.78, 5) is 23.1. The SMILES string of the molecule is CCC(C)C(=O)NCCCCCOCCOCCCCCNC(=O)COC(C)C. The average Bonchev–Trinajstić information content (AvgIpc) is 2.70. The molecule has 0 aromatic heterocycles. The first-order valence-corrected chi connectivity index (χ1v) is 11.3. The molecule has 1 unspecified atom stereocenters. The maximum Gasteiger partial charge on any atom is 0.246 e. The maximum atomic E-state index is 11.6. The van der Waals surface area contributed by atoms with E-state index in [-0.39, 0.29) is 30.4 Å². The fourth-order valence-electron chi connectivity index (χ4n) is 2.43. The van der Waals surface area contributed by atoms with Crippen LogP contribution in [0.25, 0.3) is 0 Å². The second-order valence-electron chi connectivity index (χ2n) is 7.66. The summed E-state index contributed by atoms with van der Waals surface area (Å²) in [6.45, 7) is 12.1. The van der Waals surface area contributed by atoms with Gasteiger partial charge in [0.25, 0.3) is 0 Å². The number of hydrogen-bond donors (Lipinski definition) is 2. The van der Waals surface area contributed by atoms with Crippen LogP contribution in [0.2, 0.25) is 0 Å². The number of hydrogen-bond acceptors (Lipinski definition) is 5. The molecule has 0 aliphatic heterocycles. The highest BCUT2D eigenvalue weighted by atomic mass is 16.5. The number of unbranched alkanes of at least 4 members (excludes halogenated alkanes) is 4. The lowest BCUT2D eigenvalue weighted by Crippen LogP contribution is -2.29. The second-order valence-corrected chi connectivity index (χ2v) is 7.66. The van der Waals surface area contributed by atoms with E-state index in [0.717, 1.165) is 64.7 Å². The van der Waals surface area contributed by atoms with Gasteiger partial charge in [-0.05, 0) is 58.8 Å². The zero-order valence-electron chi connectivity index (χ0n) is 19.1. The standard InChI is InChI=1S/C22H44N2O5/c1-5-20(4)22(26)24-13-9-7-11-15-28-17-16-27-14-10-6-8-12-23-21(25)18-29-19(2)3/h19-20H,5-18H2,1-4H3,(H,23,25)(H,24,26). The largest absolute Gasteiger partial charge is 0.379 e. The lowest BCUT2D eigenvalue weighted by molar-refractivity contribution is -0.127. The van der Waals surface area contributed by atoms with Crippen molar-refractivity contribution >= 4 is 11.8 Å². The van der Waals surface area contributed by atoms with Crippen LogP contribution in [0.5, 0.6) is 0 Å². The molecule has 0 aliphatic rings. The van der Waals surface area contributed by atoms with Crippen molar-refractivity contribution in [3.05, 3.63) is 0 Å². The second kappa shape index (κ2) is 20.1. The molecule has 1 atom stereocenters. The van der Waals surface area contributed by atoms with Crippen LogP contribution < -0.4 is 10.6 Å². The number of carbonyl (C=O) groups excluding carboxylic acids is 2. The molecule has 0 aromatic rings. The quantitative estimate of drug-likeness (QED) is 0.298. The Morgan fingerprint density at radius 1 is 0.759 bits per heavy atom. The van der Waals surface area contributed by atoms with Crippen molar-refractivity contribution in [3.8, 4) is 0 Å². The van der Waals surface area contributed by atoms with Crippen LogP contribution >= 0.6 is 0 Å². The van der Waals surface area contributed by atoms with E-state index in [4.69, 9.17) is 14.2 Å². The number of ether oxygens (including phenoxy) is 3. The van der Waals surface area contributed by atoms with Crippen LogP contribution in [0.4, 0.5) is 0 Å². The fourth-order valence-corrected chi connectivity index (χ4v) is 2.43. The van der Waals surface area contributed by atoms with Crippen molar-refractivity contribution in [2.24, 2.45) is 5.92 Å². The molecular formula is C22H44N2O5. The van der Waals surface area contributed by atoms with E-state index < -0.39 is 0 Å². The van der Waals surface area contributed by atoms with Gasteiger partial charge in [0.1, 0.15) is 6.61 Å². The van der Waals surface area contributed by atoms with E-state index in [1.807, 2.05) is 27.7 Å². The smallest absolute Gasteiger partial charge is 0.246 e. The summed E-state index contributed by atoms with van der Waals surface area (Å²) in [5.41, 5.74) is 0. The Balaban J connectivity index is 3.19. The highest BCUT2D eigenvalue weighted by Crippen LogP contribution is 2.01. The van der Waals surface area contributed by atoms with Crippen molar-refractivity contribution in [1.29, 1.82) is 0 Å². The Hall–Kier alpha value is -1.18. The lowest BCUT2D eigenvalue weighted by Gasteiger charge is -2.10. The van der Waals surface area contributed by atoms with Gasteiger partial charge in [0.15, 0.2) is 0 Å². The Morgan fingerprint density at radius 2 is 1.31 bits per heavy atom. The Labute approximate surface area is 177 Å². The molecule has 0 heterocycles. The molecular weight excluding hydrogens is 372 g/mol. The third-order valence-corrected chi connectivity index (χ3v) is 4.53. The first-order valence-electron chi connectivity index (χ1n) is 11.3. The molecule has 29 heavy (non-hydrogen) atoms. The minimum Gasteiger partial charge on any atom is -0.379 e. The first kappa shape index (κ1) is 27.8. The van der Waals surface area contributed by atoms with Gasteiger partial charge in [-0.2, -0.15) is 0 Å². The molecule has 0 bridgehead atoms. The molecule has 0 rings (SSSR count). The molecule has 172 valence electrons. The van der Waals surface area contributed by atoms with Crippen molar-refractivity contribution in [3.63, 3.8) is 0 Å². The molecule has 0 aromatic carbocycles. The van der Waals surface area contributed by atoms with Crippen LogP contribution in [-0.2, 0) is 23.8 Å². The normalized spacial score (nSPS) is 12.2. The van der Waals surface area contributed by atoms with Crippen LogP contribution in [0, 0.1) is 5.92 Å². The first-order chi connectivity index (χ1) is 14.0. The van der Waals surface area contributed by atoms with Crippen LogP contribution in [-0.4, -0.2) is 64.0 Å². The summed E-state index contributed by atoms with van der Waals surface area (Å²) in [5.74, 6) is 0.207. The van der Waals surface area contributed by atoms with Crippen molar-refractivity contribution in [2.45, 2.75) is 78.7 Å². The van der Waals surface area contributed by atoms with E-state index in [0.29, 0.717) is 19.8 Å². The van der Waals surface area contributed by atoms with Gasteiger partial charge < -0.3 is 24.8 Å². The highest BCUT2D eigenvalue weighted by molar-refractivity contribution is 5.78. The molecule has 2 amide bonds. The van der Waals surface area contributed by atoms with E-state index in [9.17, 15) is 9.59 Å². The van der Waals surface area contributed by atoms with Gasteiger partial charge in [0.05, 0.1) is 19.3 Å². The number of rotatable bonds is 20. The van der Waals surface area contributed by atoms with Crippen LogP contribution in [0.3, 0.4) is 0 Å². The molecule has 2 N–H and O–H groups in total. The summed E-state index contributed by atoms with van der Waals surface area (Å²) in [5, 5.41) is 5.81. The zero-order chi connectivity index (χ0) is 21.7. The third-order valence-electron chi connectivity index (χ3n) is 4.53. The Bertz CT molecular complexity index is 405. The molecule has 0 radical (unpaired) electrons. The minimum atomic E-state index is -0.0528. The predicted octanol–water partition coefficient (Wildman–Crippen LogP) is 3.06. The Kier molecular flexibility index (Phi) is 19.3. The fraction of sp³-hybridized carbons (Fsp3) is 0.909. The topological polar surface area (TPSA) is 85.9 Å². The van der Waals surface area contributed by atoms with Gasteiger partial charge in [0, 0.05) is 32.2 Å². The summed E-state index contributed by atoms with van der Waals surface area (Å²) in [6.07, 6.45) is 6.98. The van der Waals surface area contributed by atoms with E-state index in [2.05, 4.69) is 10.6 Å². The number of carbonyl (C=O) groups is 2. The molecule has 0 fully saturated rings. The van der Waals surface area contributed by atoms with Gasteiger partial charge in [0.2, 0.25) is 11.8 Å². The van der Waals surface area contributed by atoms with Gasteiger partial charge in [-0.3, -0.25) is 9.59 Å². The predicted molar refractivity (Wildman–Crippen MR) is 116 cm³/mol. The van der Waals surface area contributed by atoms with E-state index in [1.54, 1.807) is 0 Å². The highest BCUT2D eigenvalue weighted by Gasteiger charge is 2.08. The molecule has 7 nitrogen and oxygen atoms in total. The van der Waals surface area contributed by atoms with Crippen LogP contribution in [0.1, 0.15) is 72.6 Å². The lowest BCUT2D eigenvalue weighted by atomic mass is 10.1. The summed E-state index contributed by atoms with van der Waals surface area (Å²) >= 11 is 0. The third kappa shape index (κ3) is 19.9. The van der Waals surface area contributed by atoms with Gasteiger partial charge >= 0.3 is 0 Å². The van der Waals surface area contributed by atoms with Crippen LogP contribution in [0.15, 0.2) is 0 Å². The zero-order valence-corrected chi connectivity index (χ0v) is 19.1. The van der Waals surface area contributed by atoms with E-state index >= 15 is 0 Å². The minimum absolute atomic E-state index is 0.0528. The molecule has 0 aliphatic carbocycles. The molecule has 0 saturated carbocycles. The molecule has 7 heteroatoms. The average molecular weight is 417 g/mol. The van der Waals surface area contributed by atoms with Gasteiger partial charge in [-0.1, -0.05) is 13.8 Å². The summed E-state index contributed by atoms with van der Waals surface area (Å²) < 4.78 is 16.3.